The quantitative estimate of drug-likeness (QED) is 0.346. The largest absolute Gasteiger partial charge is 0.507 e. The molecule has 0 aliphatic carbocycles. The van der Waals surface area contributed by atoms with Crippen molar-refractivity contribution in [3.8, 4) is 16.9 Å². The molecule has 0 aliphatic heterocycles. The van der Waals surface area contributed by atoms with Crippen LogP contribution in [0.5, 0.6) is 5.75 Å². The summed E-state index contributed by atoms with van der Waals surface area (Å²) in [6, 6.07) is 27.7. The predicted molar refractivity (Wildman–Crippen MR) is 128 cm³/mol. The van der Waals surface area contributed by atoms with Gasteiger partial charge in [0, 0.05) is 11.9 Å². The summed E-state index contributed by atoms with van der Waals surface area (Å²) in [5, 5.41) is 12.5. The SMILES string of the molecule is COC(=O)c1cccc2c1c1c(O)cc(-c3ccccc3)cc1n2Cc1ccccc1C. The van der Waals surface area contributed by atoms with Gasteiger partial charge in [0.1, 0.15) is 5.75 Å². The Kier molecular flexibility index (Phi) is 4.91. The van der Waals surface area contributed by atoms with E-state index in [1.807, 2.05) is 54.6 Å². The van der Waals surface area contributed by atoms with Gasteiger partial charge in [0.2, 0.25) is 0 Å². The Hall–Kier alpha value is -4.05. The van der Waals surface area contributed by atoms with Gasteiger partial charge in [-0.1, -0.05) is 60.7 Å². The molecule has 0 bridgehead atoms. The average molecular weight is 421 g/mol. The molecule has 5 aromatic rings. The van der Waals surface area contributed by atoms with Crippen molar-refractivity contribution in [2.24, 2.45) is 0 Å². The number of methoxy groups -OCH3 is 1. The molecule has 1 heterocycles. The molecule has 0 fully saturated rings. The Labute approximate surface area is 186 Å². The Morgan fingerprint density at radius 3 is 2.34 bits per heavy atom. The zero-order chi connectivity index (χ0) is 22.2. The van der Waals surface area contributed by atoms with Crippen LogP contribution in [0.1, 0.15) is 21.5 Å². The first-order chi connectivity index (χ1) is 15.6. The molecular weight excluding hydrogens is 398 g/mol. The van der Waals surface area contributed by atoms with Crippen LogP contribution in [0.25, 0.3) is 32.9 Å². The standard InChI is InChI=1S/C28H23NO3/c1-18-9-6-7-12-20(18)17-29-23-14-8-13-22(28(31)32-2)26(23)27-24(29)15-21(16-25(27)30)19-10-4-3-5-11-19/h3-16,30H,17H2,1-2H3. The Balaban J connectivity index is 1.87. The zero-order valence-electron chi connectivity index (χ0n) is 18.0. The molecular formula is C28H23NO3. The molecule has 0 atom stereocenters. The highest BCUT2D eigenvalue weighted by Crippen LogP contribution is 2.40. The van der Waals surface area contributed by atoms with E-state index in [1.54, 1.807) is 12.1 Å². The van der Waals surface area contributed by atoms with Crippen LogP contribution in [0, 0.1) is 6.92 Å². The van der Waals surface area contributed by atoms with E-state index in [-0.39, 0.29) is 5.75 Å². The van der Waals surface area contributed by atoms with Crippen LogP contribution in [-0.4, -0.2) is 22.8 Å². The number of rotatable bonds is 4. The minimum atomic E-state index is -0.419. The van der Waals surface area contributed by atoms with E-state index in [0.717, 1.165) is 22.2 Å². The summed E-state index contributed by atoms with van der Waals surface area (Å²) in [5.74, 6) is -0.275. The van der Waals surface area contributed by atoms with Crippen LogP contribution in [0.2, 0.25) is 0 Å². The number of hydrogen-bond acceptors (Lipinski definition) is 3. The zero-order valence-corrected chi connectivity index (χ0v) is 18.0. The highest BCUT2D eigenvalue weighted by molar-refractivity contribution is 6.19. The first-order valence-corrected chi connectivity index (χ1v) is 10.5. The molecule has 5 rings (SSSR count). The van der Waals surface area contributed by atoms with Gasteiger partial charge in [-0.05, 0) is 53.4 Å². The lowest BCUT2D eigenvalue weighted by Gasteiger charge is -2.11. The van der Waals surface area contributed by atoms with Crippen LogP contribution >= 0.6 is 0 Å². The lowest BCUT2D eigenvalue weighted by atomic mass is 10.0. The summed E-state index contributed by atoms with van der Waals surface area (Å²) in [5.41, 5.74) is 6.51. The van der Waals surface area contributed by atoms with Gasteiger partial charge in [0.05, 0.1) is 29.1 Å². The van der Waals surface area contributed by atoms with Gasteiger partial charge in [-0.15, -0.1) is 0 Å². The maximum absolute atomic E-state index is 12.6. The number of ether oxygens (including phenoxy) is 1. The maximum Gasteiger partial charge on any atom is 0.338 e. The van der Waals surface area contributed by atoms with Gasteiger partial charge in [0.15, 0.2) is 0 Å². The second-order valence-corrected chi connectivity index (χ2v) is 7.96. The van der Waals surface area contributed by atoms with Crippen molar-refractivity contribution in [3.63, 3.8) is 0 Å². The normalized spacial score (nSPS) is 11.2. The number of aromatic hydroxyl groups is 1. The van der Waals surface area contributed by atoms with Crippen molar-refractivity contribution in [2.45, 2.75) is 13.5 Å². The van der Waals surface area contributed by atoms with E-state index in [2.05, 4.69) is 29.7 Å². The summed E-state index contributed by atoms with van der Waals surface area (Å²) >= 11 is 0. The number of hydrogen-bond donors (Lipinski definition) is 1. The number of fused-ring (bicyclic) bond motifs is 3. The lowest BCUT2D eigenvalue weighted by molar-refractivity contribution is 0.0603. The molecule has 158 valence electrons. The van der Waals surface area contributed by atoms with E-state index >= 15 is 0 Å². The summed E-state index contributed by atoms with van der Waals surface area (Å²) in [6.07, 6.45) is 0. The minimum absolute atomic E-state index is 0.145. The second-order valence-electron chi connectivity index (χ2n) is 7.96. The van der Waals surface area contributed by atoms with Gasteiger partial charge in [-0.25, -0.2) is 4.79 Å². The fraction of sp³-hybridized carbons (Fsp3) is 0.107. The van der Waals surface area contributed by atoms with Crippen molar-refractivity contribution in [1.82, 2.24) is 4.57 Å². The number of carbonyl (C=O) groups is 1. The van der Waals surface area contributed by atoms with Crippen LogP contribution < -0.4 is 0 Å². The maximum atomic E-state index is 12.6. The molecule has 4 nitrogen and oxygen atoms in total. The monoisotopic (exact) mass is 421 g/mol. The number of aryl methyl sites for hydroxylation is 1. The van der Waals surface area contributed by atoms with Crippen molar-refractivity contribution < 1.29 is 14.6 Å². The highest BCUT2D eigenvalue weighted by atomic mass is 16.5. The van der Waals surface area contributed by atoms with Crippen molar-refractivity contribution >= 4 is 27.8 Å². The topological polar surface area (TPSA) is 51.5 Å². The van der Waals surface area contributed by atoms with Crippen LogP contribution in [0.4, 0.5) is 0 Å². The Morgan fingerprint density at radius 1 is 0.844 bits per heavy atom. The van der Waals surface area contributed by atoms with Crippen LogP contribution in [0.3, 0.4) is 0 Å². The number of aromatic nitrogens is 1. The highest BCUT2D eigenvalue weighted by Gasteiger charge is 2.21. The van der Waals surface area contributed by atoms with E-state index in [1.165, 1.54) is 18.2 Å². The molecule has 0 saturated heterocycles. The number of carbonyl (C=O) groups excluding carboxylic acids is 1. The third kappa shape index (κ3) is 3.21. The number of esters is 1. The third-order valence-corrected chi connectivity index (χ3v) is 6.07. The molecule has 0 amide bonds. The lowest BCUT2D eigenvalue weighted by Crippen LogP contribution is -2.03. The minimum Gasteiger partial charge on any atom is -0.507 e. The van der Waals surface area contributed by atoms with Crippen LogP contribution in [0.15, 0.2) is 84.9 Å². The van der Waals surface area contributed by atoms with Crippen molar-refractivity contribution in [2.75, 3.05) is 7.11 Å². The van der Waals surface area contributed by atoms with E-state index < -0.39 is 5.97 Å². The number of nitrogens with zero attached hydrogens (tertiary/aromatic N) is 1. The van der Waals surface area contributed by atoms with Gasteiger partial charge in [-0.2, -0.15) is 0 Å². The number of benzene rings is 4. The fourth-order valence-electron chi connectivity index (χ4n) is 4.44. The van der Waals surface area contributed by atoms with Crippen LogP contribution in [-0.2, 0) is 11.3 Å². The first-order valence-electron chi connectivity index (χ1n) is 10.5. The molecule has 0 aliphatic rings. The predicted octanol–water partition coefficient (Wildman–Crippen LogP) is 6.31. The summed E-state index contributed by atoms with van der Waals surface area (Å²) in [7, 11) is 1.38. The van der Waals surface area contributed by atoms with Gasteiger partial charge in [0.25, 0.3) is 0 Å². The summed E-state index contributed by atoms with van der Waals surface area (Å²) < 4.78 is 7.22. The molecule has 1 N–H and O–H groups in total. The molecule has 4 aromatic carbocycles. The Morgan fingerprint density at radius 2 is 1.59 bits per heavy atom. The number of phenols is 1. The molecule has 4 heteroatoms. The van der Waals surface area contributed by atoms with Crippen molar-refractivity contribution in [3.05, 3.63) is 102 Å². The molecule has 0 unspecified atom stereocenters. The average Bonchev–Trinajstić information content (AvgIpc) is 3.14. The van der Waals surface area contributed by atoms with Gasteiger partial charge in [-0.3, -0.25) is 0 Å². The molecule has 32 heavy (non-hydrogen) atoms. The van der Waals surface area contributed by atoms with Gasteiger partial charge >= 0.3 is 5.97 Å². The number of phenolic OH excluding ortho intramolecular Hbond substituents is 1. The molecule has 0 saturated carbocycles. The molecule has 1 aromatic heterocycles. The molecule has 0 spiro atoms. The second kappa shape index (κ2) is 7.89. The Bertz CT molecular complexity index is 1470. The third-order valence-electron chi connectivity index (χ3n) is 6.07. The van der Waals surface area contributed by atoms with E-state index in [4.69, 9.17) is 4.74 Å². The summed E-state index contributed by atoms with van der Waals surface area (Å²) in [4.78, 5) is 12.6. The van der Waals surface area contributed by atoms with E-state index in [0.29, 0.717) is 22.9 Å². The first kappa shape index (κ1) is 19.9. The van der Waals surface area contributed by atoms with E-state index in [9.17, 15) is 9.90 Å². The van der Waals surface area contributed by atoms with Gasteiger partial charge < -0.3 is 14.4 Å². The summed E-state index contributed by atoms with van der Waals surface area (Å²) in [6.45, 7) is 2.71. The fourth-order valence-corrected chi connectivity index (χ4v) is 4.44. The molecule has 0 radical (unpaired) electrons. The van der Waals surface area contributed by atoms with Crippen molar-refractivity contribution in [1.29, 1.82) is 0 Å². The smallest absolute Gasteiger partial charge is 0.338 e.